The third kappa shape index (κ3) is 2.61. The largest absolute Gasteiger partial charge is 0.462 e. The van der Waals surface area contributed by atoms with Crippen LogP contribution in [0.25, 0.3) is 0 Å². The summed E-state index contributed by atoms with van der Waals surface area (Å²) in [6, 6.07) is 0. The van der Waals surface area contributed by atoms with E-state index in [9.17, 15) is 4.79 Å². The molecule has 2 bridgehead atoms. The molecule has 0 spiro atoms. The lowest BCUT2D eigenvalue weighted by atomic mass is 10.0. The molecule has 0 aliphatic heterocycles. The zero-order valence-electron chi connectivity index (χ0n) is 9.45. The fourth-order valence-corrected chi connectivity index (χ4v) is 2.61. The number of hydrogen-bond acceptors (Lipinski definition) is 2. The Morgan fingerprint density at radius 1 is 1.33 bits per heavy atom. The van der Waals surface area contributed by atoms with Gasteiger partial charge in [-0.3, -0.25) is 4.79 Å². The van der Waals surface area contributed by atoms with Crippen molar-refractivity contribution < 1.29 is 9.53 Å². The predicted octanol–water partition coefficient (Wildman–Crippen LogP) is 3.07. The Labute approximate surface area is 91.7 Å². The van der Waals surface area contributed by atoms with Crippen molar-refractivity contribution in [2.45, 2.75) is 51.6 Å². The summed E-state index contributed by atoms with van der Waals surface area (Å²) in [4.78, 5) is 11.5. The quantitative estimate of drug-likeness (QED) is 0.394. The standard InChI is InChI=1S/C13H20O2/c1-2-3-4-5-13(14)15-12-9-10-6-7-11(12)8-10/h6-7,10-12H,2-5,8-9H2,1H3/t10-,11+,12-/m1/s1. The SMILES string of the molecule is CCCCCC(=O)O[C@@H]1C[C@@H]2C=C[C@H]1C2. The Kier molecular flexibility index (Phi) is 3.45. The molecular weight excluding hydrogens is 188 g/mol. The van der Waals surface area contributed by atoms with Gasteiger partial charge in [0.1, 0.15) is 6.10 Å². The molecule has 0 aromatic carbocycles. The minimum atomic E-state index is 0.00870. The van der Waals surface area contributed by atoms with E-state index in [1.54, 1.807) is 0 Å². The molecule has 0 aromatic heterocycles. The highest BCUT2D eigenvalue weighted by atomic mass is 16.5. The zero-order chi connectivity index (χ0) is 10.7. The van der Waals surface area contributed by atoms with E-state index in [0.29, 0.717) is 18.3 Å². The maximum absolute atomic E-state index is 11.5. The molecule has 15 heavy (non-hydrogen) atoms. The summed E-state index contributed by atoms with van der Waals surface area (Å²) in [5.41, 5.74) is 0. The van der Waals surface area contributed by atoms with E-state index in [1.165, 1.54) is 6.42 Å². The van der Waals surface area contributed by atoms with Crippen molar-refractivity contribution >= 4 is 5.97 Å². The minimum Gasteiger partial charge on any atom is -0.462 e. The second-order valence-electron chi connectivity index (χ2n) is 4.77. The fourth-order valence-electron chi connectivity index (χ4n) is 2.61. The predicted molar refractivity (Wildman–Crippen MR) is 59.4 cm³/mol. The summed E-state index contributed by atoms with van der Waals surface area (Å²) in [5.74, 6) is 1.21. The van der Waals surface area contributed by atoms with Crippen molar-refractivity contribution in [3.8, 4) is 0 Å². The van der Waals surface area contributed by atoms with E-state index in [4.69, 9.17) is 4.74 Å². The molecule has 0 amide bonds. The monoisotopic (exact) mass is 208 g/mol. The second-order valence-corrected chi connectivity index (χ2v) is 4.77. The number of carbonyl (C=O) groups excluding carboxylic acids is 1. The Morgan fingerprint density at radius 2 is 2.20 bits per heavy atom. The topological polar surface area (TPSA) is 26.3 Å². The first kappa shape index (κ1) is 10.7. The van der Waals surface area contributed by atoms with Crippen LogP contribution in [0.1, 0.15) is 45.4 Å². The highest BCUT2D eigenvalue weighted by Gasteiger charge is 2.37. The van der Waals surface area contributed by atoms with Crippen LogP contribution in [-0.4, -0.2) is 12.1 Å². The summed E-state index contributed by atoms with van der Waals surface area (Å²) in [7, 11) is 0. The lowest BCUT2D eigenvalue weighted by molar-refractivity contribution is -0.150. The number of esters is 1. The van der Waals surface area contributed by atoms with Crippen LogP contribution in [0.3, 0.4) is 0 Å². The molecule has 3 atom stereocenters. The first-order valence-electron chi connectivity index (χ1n) is 6.17. The molecule has 2 nitrogen and oxygen atoms in total. The number of hydrogen-bond donors (Lipinski definition) is 0. The van der Waals surface area contributed by atoms with E-state index in [0.717, 1.165) is 25.7 Å². The normalized spacial score (nSPS) is 32.2. The molecular formula is C13H20O2. The average Bonchev–Trinajstić information content (AvgIpc) is 2.79. The van der Waals surface area contributed by atoms with Gasteiger partial charge in [0.15, 0.2) is 0 Å². The van der Waals surface area contributed by atoms with Crippen LogP contribution in [0, 0.1) is 11.8 Å². The molecule has 1 saturated carbocycles. The molecule has 84 valence electrons. The molecule has 0 aromatic rings. The van der Waals surface area contributed by atoms with Crippen molar-refractivity contribution in [1.29, 1.82) is 0 Å². The van der Waals surface area contributed by atoms with Gasteiger partial charge < -0.3 is 4.74 Å². The van der Waals surface area contributed by atoms with Crippen molar-refractivity contribution in [1.82, 2.24) is 0 Å². The molecule has 2 rings (SSSR count). The first-order chi connectivity index (χ1) is 7.29. The Morgan fingerprint density at radius 3 is 2.80 bits per heavy atom. The van der Waals surface area contributed by atoms with Gasteiger partial charge in [-0.05, 0) is 25.2 Å². The molecule has 0 saturated heterocycles. The Bertz CT molecular complexity index is 257. The number of unbranched alkanes of at least 4 members (excludes halogenated alkanes) is 2. The van der Waals surface area contributed by atoms with E-state index in [2.05, 4.69) is 19.1 Å². The van der Waals surface area contributed by atoms with Crippen LogP contribution in [0.4, 0.5) is 0 Å². The number of allylic oxidation sites excluding steroid dienone is 1. The van der Waals surface area contributed by atoms with Gasteiger partial charge in [0, 0.05) is 12.3 Å². The van der Waals surface area contributed by atoms with Gasteiger partial charge in [0.05, 0.1) is 0 Å². The van der Waals surface area contributed by atoms with E-state index in [1.807, 2.05) is 0 Å². The highest BCUT2D eigenvalue weighted by molar-refractivity contribution is 5.69. The average molecular weight is 208 g/mol. The van der Waals surface area contributed by atoms with Gasteiger partial charge in [0.2, 0.25) is 0 Å². The van der Waals surface area contributed by atoms with Gasteiger partial charge >= 0.3 is 5.97 Å². The summed E-state index contributed by atoms with van der Waals surface area (Å²) < 4.78 is 5.50. The van der Waals surface area contributed by atoms with Gasteiger partial charge in [-0.1, -0.05) is 31.9 Å². The summed E-state index contributed by atoms with van der Waals surface area (Å²) in [5, 5.41) is 0. The van der Waals surface area contributed by atoms with Gasteiger partial charge in [-0.2, -0.15) is 0 Å². The van der Waals surface area contributed by atoms with Gasteiger partial charge in [-0.15, -0.1) is 0 Å². The van der Waals surface area contributed by atoms with Gasteiger partial charge in [0.25, 0.3) is 0 Å². The lowest BCUT2D eigenvalue weighted by Gasteiger charge is -2.18. The van der Waals surface area contributed by atoms with Crippen molar-refractivity contribution in [2.75, 3.05) is 0 Å². The molecule has 1 fully saturated rings. The molecule has 0 N–H and O–H groups in total. The second kappa shape index (κ2) is 4.82. The first-order valence-corrected chi connectivity index (χ1v) is 6.17. The molecule has 2 aliphatic carbocycles. The Hall–Kier alpha value is -0.790. The number of fused-ring (bicyclic) bond motifs is 2. The summed E-state index contributed by atoms with van der Waals surface area (Å²) in [6.45, 7) is 2.14. The highest BCUT2D eigenvalue weighted by Crippen LogP contribution is 2.40. The van der Waals surface area contributed by atoms with Crippen LogP contribution in [0.15, 0.2) is 12.2 Å². The van der Waals surface area contributed by atoms with Crippen molar-refractivity contribution in [3.05, 3.63) is 12.2 Å². The third-order valence-corrected chi connectivity index (χ3v) is 3.49. The van der Waals surface area contributed by atoms with E-state index < -0.39 is 0 Å². The maximum atomic E-state index is 11.5. The molecule has 0 heterocycles. The number of rotatable bonds is 5. The van der Waals surface area contributed by atoms with Crippen LogP contribution in [-0.2, 0) is 9.53 Å². The molecule has 2 aliphatic rings. The number of ether oxygens (including phenoxy) is 1. The maximum Gasteiger partial charge on any atom is 0.306 e. The van der Waals surface area contributed by atoms with Crippen LogP contribution in [0.5, 0.6) is 0 Å². The summed E-state index contributed by atoms with van der Waals surface area (Å²) >= 11 is 0. The van der Waals surface area contributed by atoms with Crippen LogP contribution < -0.4 is 0 Å². The van der Waals surface area contributed by atoms with E-state index >= 15 is 0 Å². The van der Waals surface area contributed by atoms with Crippen molar-refractivity contribution in [2.24, 2.45) is 11.8 Å². The minimum absolute atomic E-state index is 0.00870. The number of carbonyl (C=O) groups is 1. The smallest absolute Gasteiger partial charge is 0.306 e. The zero-order valence-corrected chi connectivity index (χ0v) is 9.45. The lowest BCUT2D eigenvalue weighted by Crippen LogP contribution is -2.22. The van der Waals surface area contributed by atoms with Crippen LogP contribution >= 0.6 is 0 Å². The molecule has 2 heteroatoms. The third-order valence-electron chi connectivity index (χ3n) is 3.49. The fraction of sp³-hybridized carbons (Fsp3) is 0.769. The van der Waals surface area contributed by atoms with Gasteiger partial charge in [-0.25, -0.2) is 0 Å². The molecule has 0 radical (unpaired) electrons. The molecule has 0 unspecified atom stereocenters. The van der Waals surface area contributed by atoms with Crippen molar-refractivity contribution in [3.63, 3.8) is 0 Å². The van der Waals surface area contributed by atoms with Crippen LogP contribution in [0.2, 0.25) is 0 Å². The van der Waals surface area contributed by atoms with E-state index in [-0.39, 0.29) is 12.1 Å². The Balaban J connectivity index is 1.69. The summed E-state index contributed by atoms with van der Waals surface area (Å²) in [6.07, 6.45) is 10.8.